The summed E-state index contributed by atoms with van der Waals surface area (Å²) in [5, 5.41) is 10.2. The molecular weight excluding hydrogens is 252 g/mol. The molecule has 1 aromatic carbocycles. The summed E-state index contributed by atoms with van der Waals surface area (Å²) < 4.78 is 1.76. The SMILES string of the molecule is CCC(C)NCC(=O)Nc1cccc(-n2cccn2)c1. The summed E-state index contributed by atoms with van der Waals surface area (Å²) >= 11 is 0. The van der Waals surface area contributed by atoms with Crippen molar-refractivity contribution in [1.29, 1.82) is 0 Å². The van der Waals surface area contributed by atoms with Gasteiger partial charge in [-0.3, -0.25) is 4.79 Å². The van der Waals surface area contributed by atoms with Crippen LogP contribution in [0.25, 0.3) is 5.69 Å². The molecule has 1 amide bonds. The van der Waals surface area contributed by atoms with E-state index in [1.807, 2.05) is 36.5 Å². The van der Waals surface area contributed by atoms with Gasteiger partial charge in [-0.25, -0.2) is 4.68 Å². The van der Waals surface area contributed by atoms with Crippen LogP contribution in [0.15, 0.2) is 42.7 Å². The van der Waals surface area contributed by atoms with E-state index in [4.69, 9.17) is 0 Å². The molecule has 1 atom stereocenters. The van der Waals surface area contributed by atoms with Crippen LogP contribution in [-0.2, 0) is 4.79 Å². The highest BCUT2D eigenvalue weighted by Crippen LogP contribution is 2.13. The van der Waals surface area contributed by atoms with Gasteiger partial charge in [-0.1, -0.05) is 13.0 Å². The minimum Gasteiger partial charge on any atom is -0.325 e. The van der Waals surface area contributed by atoms with E-state index in [1.54, 1.807) is 10.9 Å². The van der Waals surface area contributed by atoms with Gasteiger partial charge in [0.1, 0.15) is 0 Å². The van der Waals surface area contributed by atoms with Crippen LogP contribution in [0.2, 0.25) is 0 Å². The molecule has 1 aromatic heterocycles. The Labute approximate surface area is 119 Å². The molecule has 0 aliphatic rings. The molecule has 2 N–H and O–H groups in total. The Morgan fingerprint density at radius 3 is 2.95 bits per heavy atom. The van der Waals surface area contributed by atoms with Gasteiger partial charge in [-0.15, -0.1) is 0 Å². The van der Waals surface area contributed by atoms with Crippen LogP contribution in [0.3, 0.4) is 0 Å². The van der Waals surface area contributed by atoms with E-state index in [0.717, 1.165) is 17.8 Å². The zero-order chi connectivity index (χ0) is 14.4. The Kier molecular flexibility index (Phi) is 4.90. The lowest BCUT2D eigenvalue weighted by Gasteiger charge is -2.11. The summed E-state index contributed by atoms with van der Waals surface area (Å²) in [4.78, 5) is 11.8. The van der Waals surface area contributed by atoms with Crippen molar-refractivity contribution in [1.82, 2.24) is 15.1 Å². The van der Waals surface area contributed by atoms with E-state index in [1.165, 1.54) is 0 Å². The first-order chi connectivity index (χ1) is 9.69. The average molecular weight is 272 g/mol. The van der Waals surface area contributed by atoms with Crippen LogP contribution in [0, 0.1) is 0 Å². The maximum absolute atomic E-state index is 11.8. The fraction of sp³-hybridized carbons (Fsp3) is 0.333. The number of carbonyl (C=O) groups excluding carboxylic acids is 1. The minimum atomic E-state index is -0.0390. The number of rotatable bonds is 6. The average Bonchev–Trinajstić information content (AvgIpc) is 2.99. The van der Waals surface area contributed by atoms with Crippen molar-refractivity contribution in [2.75, 3.05) is 11.9 Å². The van der Waals surface area contributed by atoms with Gasteiger partial charge in [0.15, 0.2) is 0 Å². The first kappa shape index (κ1) is 14.3. The van der Waals surface area contributed by atoms with Crippen LogP contribution < -0.4 is 10.6 Å². The predicted molar refractivity (Wildman–Crippen MR) is 79.9 cm³/mol. The summed E-state index contributed by atoms with van der Waals surface area (Å²) in [6, 6.07) is 9.81. The Hall–Kier alpha value is -2.14. The molecular formula is C15H20N4O. The maximum atomic E-state index is 11.8. The van der Waals surface area contributed by atoms with Gasteiger partial charge in [-0.2, -0.15) is 5.10 Å². The van der Waals surface area contributed by atoms with Crippen molar-refractivity contribution in [3.8, 4) is 5.69 Å². The van der Waals surface area contributed by atoms with Crippen LogP contribution >= 0.6 is 0 Å². The zero-order valence-electron chi connectivity index (χ0n) is 11.8. The lowest BCUT2D eigenvalue weighted by molar-refractivity contribution is -0.115. The quantitative estimate of drug-likeness (QED) is 0.847. The first-order valence-corrected chi connectivity index (χ1v) is 6.82. The normalized spacial score (nSPS) is 12.1. The molecule has 0 spiro atoms. The van der Waals surface area contributed by atoms with Gasteiger partial charge in [0.05, 0.1) is 12.2 Å². The number of hydrogen-bond donors (Lipinski definition) is 2. The lowest BCUT2D eigenvalue weighted by atomic mass is 10.2. The number of amides is 1. The summed E-state index contributed by atoms with van der Waals surface area (Å²) in [5.41, 5.74) is 1.69. The van der Waals surface area contributed by atoms with Gasteiger partial charge >= 0.3 is 0 Å². The third-order valence-electron chi connectivity index (χ3n) is 3.12. The number of carbonyl (C=O) groups is 1. The Balaban J connectivity index is 1.96. The van der Waals surface area contributed by atoms with E-state index in [0.29, 0.717) is 12.6 Å². The summed E-state index contributed by atoms with van der Waals surface area (Å²) in [6.07, 6.45) is 4.59. The van der Waals surface area contributed by atoms with Gasteiger partial charge in [-0.05, 0) is 37.6 Å². The fourth-order valence-electron chi connectivity index (χ4n) is 1.76. The molecule has 0 saturated heterocycles. The van der Waals surface area contributed by atoms with E-state index in [2.05, 4.69) is 29.6 Å². The first-order valence-electron chi connectivity index (χ1n) is 6.82. The number of benzene rings is 1. The summed E-state index contributed by atoms with van der Waals surface area (Å²) in [7, 11) is 0. The van der Waals surface area contributed by atoms with Crippen LogP contribution in [0.1, 0.15) is 20.3 Å². The highest BCUT2D eigenvalue weighted by molar-refractivity contribution is 5.92. The standard InChI is InChI=1S/C15H20N4O/c1-3-12(2)16-11-15(20)18-13-6-4-7-14(10-13)19-9-5-8-17-19/h4-10,12,16H,3,11H2,1-2H3,(H,18,20). The van der Waals surface area contributed by atoms with Crippen molar-refractivity contribution in [3.05, 3.63) is 42.7 Å². The van der Waals surface area contributed by atoms with Crippen molar-refractivity contribution in [2.24, 2.45) is 0 Å². The van der Waals surface area contributed by atoms with E-state index in [9.17, 15) is 4.79 Å². The second-order valence-electron chi connectivity index (χ2n) is 4.74. The number of nitrogens with one attached hydrogen (secondary N) is 2. The van der Waals surface area contributed by atoms with Crippen molar-refractivity contribution in [3.63, 3.8) is 0 Å². The van der Waals surface area contributed by atoms with Crippen molar-refractivity contribution >= 4 is 11.6 Å². The molecule has 5 heteroatoms. The van der Waals surface area contributed by atoms with Crippen LogP contribution in [0.5, 0.6) is 0 Å². The predicted octanol–water partition coefficient (Wildman–Crippen LogP) is 2.20. The van der Waals surface area contributed by atoms with Crippen molar-refractivity contribution in [2.45, 2.75) is 26.3 Å². The molecule has 0 fully saturated rings. The largest absolute Gasteiger partial charge is 0.325 e. The molecule has 0 saturated carbocycles. The van der Waals surface area contributed by atoms with E-state index in [-0.39, 0.29) is 5.91 Å². The zero-order valence-corrected chi connectivity index (χ0v) is 11.8. The molecule has 106 valence electrons. The Morgan fingerprint density at radius 2 is 2.25 bits per heavy atom. The molecule has 2 aromatic rings. The molecule has 2 rings (SSSR count). The molecule has 0 aliphatic heterocycles. The molecule has 1 unspecified atom stereocenters. The second-order valence-corrected chi connectivity index (χ2v) is 4.74. The molecule has 20 heavy (non-hydrogen) atoms. The summed E-state index contributed by atoms with van der Waals surface area (Å²) in [6.45, 7) is 4.47. The number of anilines is 1. The number of hydrogen-bond acceptors (Lipinski definition) is 3. The molecule has 0 radical (unpaired) electrons. The fourth-order valence-corrected chi connectivity index (χ4v) is 1.76. The molecule has 0 aliphatic carbocycles. The summed E-state index contributed by atoms with van der Waals surface area (Å²) in [5.74, 6) is -0.0390. The smallest absolute Gasteiger partial charge is 0.238 e. The maximum Gasteiger partial charge on any atom is 0.238 e. The van der Waals surface area contributed by atoms with Gasteiger partial charge in [0.2, 0.25) is 5.91 Å². The Bertz CT molecular complexity index is 551. The minimum absolute atomic E-state index is 0.0390. The van der Waals surface area contributed by atoms with Gasteiger partial charge in [0.25, 0.3) is 0 Å². The van der Waals surface area contributed by atoms with Crippen LogP contribution in [-0.4, -0.2) is 28.3 Å². The third kappa shape index (κ3) is 3.93. The van der Waals surface area contributed by atoms with E-state index < -0.39 is 0 Å². The monoisotopic (exact) mass is 272 g/mol. The topological polar surface area (TPSA) is 59.0 Å². The highest BCUT2D eigenvalue weighted by Gasteiger charge is 2.05. The number of aromatic nitrogens is 2. The molecule has 1 heterocycles. The Morgan fingerprint density at radius 1 is 1.40 bits per heavy atom. The lowest BCUT2D eigenvalue weighted by Crippen LogP contribution is -2.33. The van der Waals surface area contributed by atoms with E-state index >= 15 is 0 Å². The van der Waals surface area contributed by atoms with Gasteiger partial charge in [0, 0.05) is 24.1 Å². The third-order valence-corrected chi connectivity index (χ3v) is 3.12. The van der Waals surface area contributed by atoms with Gasteiger partial charge < -0.3 is 10.6 Å². The second kappa shape index (κ2) is 6.86. The van der Waals surface area contributed by atoms with Crippen molar-refractivity contribution < 1.29 is 4.79 Å². The highest BCUT2D eigenvalue weighted by atomic mass is 16.1. The number of nitrogens with zero attached hydrogens (tertiary/aromatic N) is 2. The molecule has 0 bridgehead atoms. The molecule has 5 nitrogen and oxygen atoms in total. The van der Waals surface area contributed by atoms with Crippen LogP contribution in [0.4, 0.5) is 5.69 Å².